The van der Waals surface area contributed by atoms with Crippen molar-refractivity contribution in [3.05, 3.63) is 81.1 Å². The molecule has 5 nitrogen and oxygen atoms in total. The molecular formula is C19H14Cl2FN3O2. The van der Waals surface area contributed by atoms with E-state index in [1.54, 1.807) is 12.4 Å². The van der Waals surface area contributed by atoms with Gasteiger partial charge in [0.15, 0.2) is 11.6 Å². The van der Waals surface area contributed by atoms with Crippen LogP contribution >= 0.6 is 23.2 Å². The maximum absolute atomic E-state index is 14.2. The van der Waals surface area contributed by atoms with Crippen LogP contribution in [0.25, 0.3) is 0 Å². The van der Waals surface area contributed by atoms with Gasteiger partial charge in [-0.2, -0.15) is 0 Å². The molecule has 0 spiro atoms. The van der Waals surface area contributed by atoms with Crippen molar-refractivity contribution in [2.45, 2.75) is 13.3 Å². The van der Waals surface area contributed by atoms with E-state index in [1.165, 1.54) is 24.4 Å². The smallest absolute Gasteiger partial charge is 0.272 e. The minimum absolute atomic E-state index is 0.0583. The summed E-state index contributed by atoms with van der Waals surface area (Å²) >= 11 is 11.7. The van der Waals surface area contributed by atoms with Gasteiger partial charge in [-0.3, -0.25) is 14.6 Å². The molecule has 8 heteroatoms. The number of hydrogen-bond donors (Lipinski definition) is 2. The third-order valence-electron chi connectivity index (χ3n) is 4.00. The summed E-state index contributed by atoms with van der Waals surface area (Å²) in [7, 11) is 0. The summed E-state index contributed by atoms with van der Waals surface area (Å²) in [6.07, 6.45) is 5.23. The molecule has 2 heterocycles. The van der Waals surface area contributed by atoms with E-state index in [4.69, 9.17) is 23.2 Å². The zero-order valence-corrected chi connectivity index (χ0v) is 15.7. The Labute approximate surface area is 164 Å². The number of halogens is 3. The predicted octanol–water partition coefficient (Wildman–Crippen LogP) is 4.90. The molecule has 0 bridgehead atoms. The van der Waals surface area contributed by atoms with Gasteiger partial charge in [0.05, 0.1) is 27.5 Å². The van der Waals surface area contributed by atoms with Gasteiger partial charge >= 0.3 is 0 Å². The highest BCUT2D eigenvalue weighted by Crippen LogP contribution is 2.28. The van der Waals surface area contributed by atoms with Crippen molar-refractivity contribution in [1.29, 1.82) is 0 Å². The zero-order chi connectivity index (χ0) is 19.6. The number of H-pyrrole nitrogens is 1. The first-order valence-corrected chi connectivity index (χ1v) is 8.78. The van der Waals surface area contributed by atoms with Crippen molar-refractivity contribution in [2.75, 3.05) is 5.32 Å². The largest absolute Gasteiger partial charge is 0.356 e. The van der Waals surface area contributed by atoms with Crippen molar-refractivity contribution in [1.82, 2.24) is 9.97 Å². The molecule has 1 amide bonds. The summed E-state index contributed by atoms with van der Waals surface area (Å²) in [4.78, 5) is 31.7. The summed E-state index contributed by atoms with van der Waals surface area (Å²) in [6.45, 7) is 1.96. The Hall–Kier alpha value is -2.70. The maximum atomic E-state index is 14.2. The monoisotopic (exact) mass is 405 g/mol. The zero-order valence-electron chi connectivity index (χ0n) is 14.1. The van der Waals surface area contributed by atoms with Gasteiger partial charge in [-0.1, -0.05) is 30.1 Å². The van der Waals surface area contributed by atoms with Crippen molar-refractivity contribution >= 4 is 40.6 Å². The number of nitrogens with zero attached hydrogens (tertiary/aromatic N) is 1. The van der Waals surface area contributed by atoms with Gasteiger partial charge < -0.3 is 10.3 Å². The first kappa shape index (κ1) is 19.1. The highest BCUT2D eigenvalue weighted by Gasteiger charge is 2.22. The van der Waals surface area contributed by atoms with E-state index < -0.39 is 17.5 Å². The normalized spacial score (nSPS) is 10.7. The lowest BCUT2D eigenvalue weighted by Gasteiger charge is -2.07. The summed E-state index contributed by atoms with van der Waals surface area (Å²) in [5.41, 5.74) is 1.40. The number of ketones is 1. The third-order valence-corrected chi connectivity index (χ3v) is 4.61. The van der Waals surface area contributed by atoms with E-state index in [9.17, 15) is 14.0 Å². The number of aromatic nitrogens is 2. The van der Waals surface area contributed by atoms with Crippen LogP contribution < -0.4 is 5.32 Å². The number of aryl methyl sites for hydroxylation is 1. The van der Waals surface area contributed by atoms with Crippen LogP contribution in [0.3, 0.4) is 0 Å². The first-order valence-electron chi connectivity index (χ1n) is 8.03. The molecule has 0 saturated carbocycles. The van der Waals surface area contributed by atoms with Gasteiger partial charge in [-0.05, 0) is 36.2 Å². The highest BCUT2D eigenvalue weighted by atomic mass is 35.5. The van der Waals surface area contributed by atoms with E-state index in [2.05, 4.69) is 15.3 Å². The number of hydrogen-bond acceptors (Lipinski definition) is 3. The molecule has 0 radical (unpaired) electrons. The Morgan fingerprint density at radius 1 is 1.22 bits per heavy atom. The summed E-state index contributed by atoms with van der Waals surface area (Å²) in [6, 6.07) is 5.75. The Morgan fingerprint density at radius 3 is 2.70 bits per heavy atom. The maximum Gasteiger partial charge on any atom is 0.272 e. The minimum atomic E-state index is -0.899. The van der Waals surface area contributed by atoms with Crippen LogP contribution in [0.5, 0.6) is 0 Å². The van der Waals surface area contributed by atoms with Crippen LogP contribution in [0.15, 0.2) is 42.9 Å². The second kappa shape index (κ2) is 7.90. The molecule has 0 atom stereocenters. The van der Waals surface area contributed by atoms with Gasteiger partial charge in [0, 0.05) is 18.0 Å². The van der Waals surface area contributed by atoms with Gasteiger partial charge in [-0.25, -0.2) is 4.39 Å². The highest BCUT2D eigenvalue weighted by molar-refractivity contribution is 6.37. The van der Waals surface area contributed by atoms with Crippen LogP contribution in [0, 0.1) is 5.82 Å². The van der Waals surface area contributed by atoms with Gasteiger partial charge in [0.2, 0.25) is 0 Å². The number of aromatic amines is 1. The molecule has 3 aromatic rings. The fourth-order valence-corrected chi connectivity index (χ4v) is 2.96. The number of pyridine rings is 1. The van der Waals surface area contributed by atoms with Crippen LogP contribution in [0.4, 0.5) is 10.1 Å². The molecule has 0 fully saturated rings. The molecule has 0 aliphatic heterocycles. The average Bonchev–Trinajstić information content (AvgIpc) is 3.16. The summed E-state index contributed by atoms with van der Waals surface area (Å²) in [5, 5.41) is 2.47. The molecule has 0 aliphatic carbocycles. The van der Waals surface area contributed by atoms with Crippen LogP contribution in [-0.4, -0.2) is 21.7 Å². The quantitative estimate of drug-likeness (QED) is 0.468. The lowest BCUT2D eigenvalue weighted by atomic mass is 10.0. The van der Waals surface area contributed by atoms with Crippen molar-refractivity contribution in [3.63, 3.8) is 0 Å². The molecule has 0 aliphatic rings. The predicted molar refractivity (Wildman–Crippen MR) is 102 cm³/mol. The third kappa shape index (κ3) is 3.86. The lowest BCUT2D eigenvalue weighted by molar-refractivity contribution is 0.102. The molecular weight excluding hydrogens is 392 g/mol. The van der Waals surface area contributed by atoms with E-state index in [0.29, 0.717) is 5.69 Å². The second-order valence-corrected chi connectivity index (χ2v) is 6.50. The Balaban J connectivity index is 1.86. The topological polar surface area (TPSA) is 74.8 Å². The summed E-state index contributed by atoms with van der Waals surface area (Å²) < 4.78 is 14.2. The van der Waals surface area contributed by atoms with Gasteiger partial charge in [0.25, 0.3) is 5.91 Å². The number of amides is 1. The van der Waals surface area contributed by atoms with Crippen molar-refractivity contribution in [2.24, 2.45) is 0 Å². The van der Waals surface area contributed by atoms with E-state index in [0.717, 1.165) is 12.0 Å². The van der Waals surface area contributed by atoms with Crippen molar-refractivity contribution in [3.8, 4) is 0 Å². The number of nitrogens with one attached hydrogen (secondary N) is 2. The van der Waals surface area contributed by atoms with Gasteiger partial charge in [-0.15, -0.1) is 0 Å². The SMILES string of the molecule is CCc1ccncc1NC(=O)c1cc(C(=O)c2c(Cl)ccc(Cl)c2F)c[nH]1. The number of anilines is 1. The van der Waals surface area contributed by atoms with E-state index in [-0.39, 0.29) is 26.9 Å². The molecule has 0 saturated heterocycles. The Bertz CT molecular complexity index is 1030. The molecule has 27 heavy (non-hydrogen) atoms. The van der Waals surface area contributed by atoms with Gasteiger partial charge in [0.1, 0.15) is 5.69 Å². The fourth-order valence-electron chi connectivity index (χ4n) is 2.57. The van der Waals surface area contributed by atoms with Crippen molar-refractivity contribution < 1.29 is 14.0 Å². The molecule has 1 aromatic carbocycles. The number of carbonyl (C=O) groups excluding carboxylic acids is 2. The minimum Gasteiger partial charge on any atom is -0.356 e. The number of rotatable bonds is 5. The molecule has 0 unspecified atom stereocenters. The standard InChI is InChI=1S/C19H14Cl2FN3O2/c1-2-10-5-6-23-9-15(10)25-19(27)14-7-11(8-24-14)18(26)16-12(20)3-4-13(21)17(16)22/h3-9,24H,2H2,1H3,(H,25,27). The van der Waals surface area contributed by atoms with Crippen LogP contribution in [0.2, 0.25) is 10.0 Å². The Kier molecular flexibility index (Phi) is 5.58. The first-order chi connectivity index (χ1) is 12.9. The fraction of sp³-hybridized carbons (Fsp3) is 0.105. The number of carbonyl (C=O) groups is 2. The lowest BCUT2D eigenvalue weighted by Crippen LogP contribution is -2.14. The molecule has 138 valence electrons. The molecule has 2 aromatic heterocycles. The van der Waals surface area contributed by atoms with E-state index >= 15 is 0 Å². The summed E-state index contributed by atoms with van der Waals surface area (Å²) in [5.74, 6) is -2.02. The average molecular weight is 406 g/mol. The molecule has 3 rings (SSSR count). The number of benzene rings is 1. The van der Waals surface area contributed by atoms with Crippen LogP contribution in [0.1, 0.15) is 38.9 Å². The van der Waals surface area contributed by atoms with E-state index in [1.807, 2.05) is 13.0 Å². The molecule has 2 N–H and O–H groups in total. The second-order valence-electron chi connectivity index (χ2n) is 5.69. The Morgan fingerprint density at radius 2 is 1.96 bits per heavy atom. The van der Waals surface area contributed by atoms with Crippen LogP contribution in [-0.2, 0) is 6.42 Å².